The van der Waals surface area contributed by atoms with E-state index in [4.69, 9.17) is 5.73 Å². The third-order valence-corrected chi connectivity index (χ3v) is 3.79. The molecule has 0 heterocycles. The lowest BCUT2D eigenvalue weighted by atomic mass is 10.0. The normalized spacial score (nSPS) is 13.0. The van der Waals surface area contributed by atoms with E-state index in [9.17, 15) is 18.8 Å². The summed E-state index contributed by atoms with van der Waals surface area (Å²) in [5, 5.41) is 7.28. The van der Waals surface area contributed by atoms with E-state index < -0.39 is 35.7 Å². The van der Waals surface area contributed by atoms with Crippen molar-refractivity contribution in [3.8, 4) is 0 Å². The van der Waals surface area contributed by atoms with Gasteiger partial charge in [0.2, 0.25) is 11.8 Å². The summed E-state index contributed by atoms with van der Waals surface area (Å²) in [5.74, 6) is -1.73. The Morgan fingerprint density at radius 3 is 2.36 bits per heavy atom. The molecule has 1 rings (SSSR count). The molecule has 25 heavy (non-hydrogen) atoms. The second-order valence-corrected chi connectivity index (χ2v) is 6.95. The zero-order chi connectivity index (χ0) is 19.1. The number of carbonyl (C=O) groups excluding carboxylic acids is 3. The van der Waals surface area contributed by atoms with Gasteiger partial charge in [-0.1, -0.05) is 29.8 Å². The van der Waals surface area contributed by atoms with E-state index >= 15 is 0 Å². The number of hydrogen-bond acceptors (Lipinski definition) is 3. The predicted molar refractivity (Wildman–Crippen MR) is 96.3 cm³/mol. The Labute approximate surface area is 154 Å². The summed E-state index contributed by atoms with van der Waals surface area (Å²) in [5.41, 5.74) is 5.10. The molecule has 138 valence electrons. The maximum Gasteiger partial charge on any atom is 0.319 e. The van der Waals surface area contributed by atoms with E-state index in [-0.39, 0.29) is 11.6 Å². The maximum absolute atomic E-state index is 13.8. The van der Waals surface area contributed by atoms with Gasteiger partial charge in [0.25, 0.3) is 0 Å². The fourth-order valence-corrected chi connectivity index (χ4v) is 2.33. The lowest BCUT2D eigenvalue weighted by Gasteiger charge is -2.22. The van der Waals surface area contributed by atoms with E-state index in [0.717, 1.165) is 0 Å². The van der Waals surface area contributed by atoms with Gasteiger partial charge in [-0.25, -0.2) is 9.18 Å². The number of anilines is 1. The molecule has 0 aliphatic heterocycles. The Bertz CT molecular complexity index is 654. The first-order valence-electron chi connectivity index (χ1n) is 7.72. The van der Waals surface area contributed by atoms with Gasteiger partial charge in [-0.2, -0.15) is 0 Å². The molecule has 0 aromatic heterocycles. The summed E-state index contributed by atoms with van der Waals surface area (Å²) in [4.78, 5) is 35.4. The molecule has 1 aromatic rings. The van der Waals surface area contributed by atoms with E-state index in [1.54, 1.807) is 6.07 Å². The maximum atomic E-state index is 13.8. The van der Waals surface area contributed by atoms with Crippen LogP contribution in [0.2, 0.25) is 0 Å². The largest absolute Gasteiger partial charge is 0.368 e. The van der Waals surface area contributed by atoms with Gasteiger partial charge in [0, 0.05) is 4.47 Å². The minimum Gasteiger partial charge on any atom is -0.368 e. The first kappa shape index (κ1) is 20.9. The van der Waals surface area contributed by atoms with Crippen molar-refractivity contribution in [2.75, 3.05) is 5.32 Å². The lowest BCUT2D eigenvalue weighted by molar-refractivity contribution is -0.128. The Balaban J connectivity index is 2.77. The number of urea groups is 1. The molecule has 1 aromatic carbocycles. The summed E-state index contributed by atoms with van der Waals surface area (Å²) >= 11 is 3.12. The van der Waals surface area contributed by atoms with E-state index in [1.807, 2.05) is 13.8 Å². The molecule has 0 saturated carbocycles. The van der Waals surface area contributed by atoms with Crippen LogP contribution in [0.4, 0.5) is 14.9 Å². The first-order chi connectivity index (χ1) is 11.6. The topological polar surface area (TPSA) is 113 Å². The van der Waals surface area contributed by atoms with Crippen LogP contribution in [-0.4, -0.2) is 29.9 Å². The summed E-state index contributed by atoms with van der Waals surface area (Å²) in [6.45, 7) is 5.21. The van der Waals surface area contributed by atoms with Crippen LogP contribution >= 0.6 is 15.9 Å². The van der Waals surface area contributed by atoms with E-state index in [2.05, 4.69) is 31.9 Å². The summed E-state index contributed by atoms with van der Waals surface area (Å²) in [6.07, 6.45) is 0.341. The second kappa shape index (κ2) is 9.36. The highest BCUT2D eigenvalue weighted by Crippen LogP contribution is 2.19. The monoisotopic (exact) mass is 416 g/mol. The second-order valence-electron chi connectivity index (χ2n) is 6.04. The third kappa shape index (κ3) is 7.08. The van der Waals surface area contributed by atoms with Gasteiger partial charge in [-0.15, -0.1) is 0 Å². The Morgan fingerprint density at radius 2 is 1.84 bits per heavy atom. The van der Waals surface area contributed by atoms with Crippen LogP contribution in [0.3, 0.4) is 0 Å². The highest BCUT2D eigenvalue weighted by Gasteiger charge is 2.24. The highest BCUT2D eigenvalue weighted by molar-refractivity contribution is 9.10. The molecule has 0 saturated heterocycles. The third-order valence-electron chi connectivity index (χ3n) is 3.29. The minimum absolute atomic E-state index is 0.0186. The molecule has 0 radical (unpaired) electrons. The average molecular weight is 417 g/mol. The van der Waals surface area contributed by atoms with E-state index in [0.29, 0.717) is 10.9 Å². The number of primary amides is 1. The number of amides is 4. The Hall–Kier alpha value is -2.16. The highest BCUT2D eigenvalue weighted by atomic mass is 79.9. The summed E-state index contributed by atoms with van der Waals surface area (Å²) in [7, 11) is 0. The van der Waals surface area contributed by atoms with Crippen molar-refractivity contribution in [3.63, 3.8) is 0 Å². The lowest BCUT2D eigenvalue weighted by Crippen LogP contribution is -2.53. The van der Waals surface area contributed by atoms with Crippen molar-refractivity contribution < 1.29 is 18.8 Å². The van der Waals surface area contributed by atoms with E-state index in [1.165, 1.54) is 19.1 Å². The van der Waals surface area contributed by atoms with Gasteiger partial charge in [-0.3, -0.25) is 9.59 Å². The molecule has 5 N–H and O–H groups in total. The zero-order valence-electron chi connectivity index (χ0n) is 14.2. The van der Waals surface area contributed by atoms with Crippen molar-refractivity contribution in [2.24, 2.45) is 11.7 Å². The molecule has 0 fully saturated rings. The van der Waals surface area contributed by atoms with Crippen LogP contribution < -0.4 is 21.7 Å². The van der Waals surface area contributed by atoms with Crippen LogP contribution in [0.1, 0.15) is 27.2 Å². The molecule has 0 spiro atoms. The van der Waals surface area contributed by atoms with Crippen LogP contribution in [0.5, 0.6) is 0 Å². The SMILES string of the molecule is CC(C)C[C@H](NC(=O)Nc1ccc(Br)cc1F)C(=O)NC(C)C(N)=O. The molecule has 4 amide bonds. The van der Waals surface area contributed by atoms with Crippen molar-refractivity contribution in [1.29, 1.82) is 0 Å². The van der Waals surface area contributed by atoms with Gasteiger partial charge >= 0.3 is 6.03 Å². The molecule has 1 unspecified atom stereocenters. The van der Waals surface area contributed by atoms with Crippen LogP contribution in [0.25, 0.3) is 0 Å². The smallest absolute Gasteiger partial charge is 0.319 e. The average Bonchev–Trinajstić information content (AvgIpc) is 2.48. The number of hydrogen-bond donors (Lipinski definition) is 4. The quantitative estimate of drug-likeness (QED) is 0.545. The van der Waals surface area contributed by atoms with Crippen molar-refractivity contribution in [1.82, 2.24) is 10.6 Å². The van der Waals surface area contributed by atoms with Gasteiger partial charge in [0.15, 0.2) is 0 Å². The zero-order valence-corrected chi connectivity index (χ0v) is 15.8. The van der Waals surface area contributed by atoms with Gasteiger partial charge in [-0.05, 0) is 37.5 Å². The van der Waals surface area contributed by atoms with Gasteiger partial charge < -0.3 is 21.7 Å². The fraction of sp³-hybridized carbons (Fsp3) is 0.438. The number of benzene rings is 1. The van der Waals surface area contributed by atoms with Crippen LogP contribution in [-0.2, 0) is 9.59 Å². The Morgan fingerprint density at radius 1 is 1.20 bits per heavy atom. The molecule has 0 bridgehead atoms. The first-order valence-corrected chi connectivity index (χ1v) is 8.51. The number of halogens is 2. The van der Waals surface area contributed by atoms with Crippen molar-refractivity contribution in [2.45, 2.75) is 39.3 Å². The fourth-order valence-electron chi connectivity index (χ4n) is 2.00. The molecule has 0 aliphatic carbocycles. The number of nitrogens with one attached hydrogen (secondary N) is 3. The van der Waals surface area contributed by atoms with Gasteiger partial charge in [0.1, 0.15) is 17.9 Å². The summed E-state index contributed by atoms with van der Waals surface area (Å²) < 4.78 is 14.3. The van der Waals surface area contributed by atoms with Crippen LogP contribution in [0, 0.1) is 11.7 Å². The molecular weight excluding hydrogens is 395 g/mol. The van der Waals surface area contributed by atoms with Crippen molar-refractivity contribution in [3.05, 3.63) is 28.5 Å². The van der Waals surface area contributed by atoms with Crippen LogP contribution in [0.15, 0.2) is 22.7 Å². The standard InChI is InChI=1S/C16H22BrFN4O3/c1-8(2)6-13(15(24)20-9(3)14(19)23)22-16(25)21-12-5-4-10(17)7-11(12)18/h4-5,7-9,13H,6H2,1-3H3,(H2,19,23)(H,20,24)(H2,21,22,25)/t9?,13-/m0/s1. The predicted octanol–water partition coefficient (Wildman–Crippen LogP) is 2.11. The number of nitrogens with two attached hydrogens (primary N) is 1. The summed E-state index contributed by atoms with van der Waals surface area (Å²) in [6, 6.07) is 1.70. The van der Waals surface area contributed by atoms with Gasteiger partial charge in [0.05, 0.1) is 5.69 Å². The molecule has 0 aliphatic rings. The minimum atomic E-state index is -0.889. The Kier molecular flexibility index (Phi) is 7.82. The molecule has 2 atom stereocenters. The molecular formula is C16H22BrFN4O3. The molecule has 9 heteroatoms. The van der Waals surface area contributed by atoms with Crippen molar-refractivity contribution >= 4 is 39.5 Å². The number of carbonyl (C=O) groups is 3. The number of rotatable bonds is 7. The molecule has 7 nitrogen and oxygen atoms in total.